The lowest BCUT2D eigenvalue weighted by atomic mass is 9.86. The fraction of sp³-hybridized carbons (Fsp3) is 0.917. The molecular weight excluding hydrogens is 174 g/mol. The normalized spacial score (nSPS) is 41.9. The van der Waals surface area contributed by atoms with Crippen molar-refractivity contribution in [3.8, 4) is 0 Å². The van der Waals surface area contributed by atoms with Crippen LogP contribution in [0, 0.1) is 17.8 Å². The van der Waals surface area contributed by atoms with E-state index in [0.29, 0.717) is 29.7 Å². The van der Waals surface area contributed by atoms with Gasteiger partial charge in [0.1, 0.15) is 0 Å². The summed E-state index contributed by atoms with van der Waals surface area (Å²) in [5.41, 5.74) is 0. The van der Waals surface area contributed by atoms with Gasteiger partial charge in [0.15, 0.2) is 0 Å². The SMILES string of the molecule is C[C@H]1CCCC[C@@H]1NC(=O)[C@@H]1C[C@@H]1C. The van der Waals surface area contributed by atoms with Gasteiger partial charge in [-0.15, -0.1) is 0 Å². The Bertz CT molecular complexity index is 226. The van der Waals surface area contributed by atoms with E-state index < -0.39 is 0 Å². The maximum absolute atomic E-state index is 11.7. The monoisotopic (exact) mass is 195 g/mol. The minimum atomic E-state index is 0.316. The van der Waals surface area contributed by atoms with E-state index in [0.717, 1.165) is 6.42 Å². The second kappa shape index (κ2) is 3.92. The zero-order chi connectivity index (χ0) is 10.1. The molecule has 0 spiro atoms. The maximum Gasteiger partial charge on any atom is 0.223 e. The zero-order valence-corrected chi connectivity index (χ0v) is 9.25. The highest BCUT2D eigenvalue weighted by Gasteiger charge is 2.40. The van der Waals surface area contributed by atoms with Crippen LogP contribution in [0.4, 0.5) is 0 Å². The van der Waals surface area contributed by atoms with Gasteiger partial charge in [0, 0.05) is 12.0 Å². The predicted octanol–water partition coefficient (Wildman–Crippen LogP) is 2.34. The smallest absolute Gasteiger partial charge is 0.223 e. The van der Waals surface area contributed by atoms with Crippen molar-refractivity contribution in [2.24, 2.45) is 17.8 Å². The molecule has 2 heteroatoms. The largest absolute Gasteiger partial charge is 0.353 e. The molecule has 1 amide bonds. The third-order valence-electron chi connectivity index (χ3n) is 3.89. The number of carbonyl (C=O) groups is 1. The molecule has 0 aromatic heterocycles. The Kier molecular flexibility index (Phi) is 2.80. The van der Waals surface area contributed by atoms with E-state index >= 15 is 0 Å². The average Bonchev–Trinajstić information content (AvgIpc) is 2.87. The molecule has 0 unspecified atom stereocenters. The molecule has 4 atom stereocenters. The Morgan fingerprint density at radius 1 is 1.14 bits per heavy atom. The molecule has 2 rings (SSSR count). The van der Waals surface area contributed by atoms with Crippen molar-refractivity contribution in [3.05, 3.63) is 0 Å². The molecule has 0 saturated heterocycles. The molecule has 2 saturated carbocycles. The van der Waals surface area contributed by atoms with Gasteiger partial charge in [-0.25, -0.2) is 0 Å². The molecule has 0 heterocycles. The first-order valence-electron chi connectivity index (χ1n) is 5.99. The Labute approximate surface area is 86.5 Å². The second-order valence-corrected chi connectivity index (χ2v) is 5.20. The van der Waals surface area contributed by atoms with E-state index in [1.54, 1.807) is 0 Å². The van der Waals surface area contributed by atoms with Gasteiger partial charge in [-0.3, -0.25) is 4.79 Å². The summed E-state index contributed by atoms with van der Waals surface area (Å²) in [6.45, 7) is 4.43. The van der Waals surface area contributed by atoms with Crippen LogP contribution < -0.4 is 5.32 Å². The third kappa shape index (κ3) is 2.10. The lowest BCUT2D eigenvalue weighted by Gasteiger charge is -2.29. The highest BCUT2D eigenvalue weighted by molar-refractivity contribution is 5.81. The fourth-order valence-electron chi connectivity index (χ4n) is 2.51. The minimum absolute atomic E-state index is 0.316. The van der Waals surface area contributed by atoms with Gasteiger partial charge in [0.2, 0.25) is 5.91 Å². The lowest BCUT2D eigenvalue weighted by molar-refractivity contribution is -0.123. The predicted molar refractivity (Wildman–Crippen MR) is 56.8 cm³/mol. The number of amides is 1. The number of hydrogen-bond donors (Lipinski definition) is 1. The van der Waals surface area contributed by atoms with Gasteiger partial charge in [0.05, 0.1) is 0 Å². The number of nitrogens with one attached hydrogen (secondary N) is 1. The molecule has 2 fully saturated rings. The fourth-order valence-corrected chi connectivity index (χ4v) is 2.51. The van der Waals surface area contributed by atoms with Crippen LogP contribution in [-0.2, 0) is 4.79 Å². The summed E-state index contributed by atoms with van der Waals surface area (Å²) in [6.07, 6.45) is 6.20. The second-order valence-electron chi connectivity index (χ2n) is 5.20. The van der Waals surface area contributed by atoms with Crippen LogP contribution in [0.15, 0.2) is 0 Å². The quantitative estimate of drug-likeness (QED) is 0.720. The van der Waals surface area contributed by atoms with Crippen LogP contribution in [0.25, 0.3) is 0 Å². The first-order chi connectivity index (χ1) is 6.68. The highest BCUT2D eigenvalue weighted by atomic mass is 16.2. The summed E-state index contributed by atoms with van der Waals surface area (Å²) < 4.78 is 0. The Balaban J connectivity index is 1.80. The summed E-state index contributed by atoms with van der Waals surface area (Å²) in [4.78, 5) is 11.7. The van der Waals surface area contributed by atoms with Crippen molar-refractivity contribution >= 4 is 5.91 Å². The van der Waals surface area contributed by atoms with Gasteiger partial charge >= 0.3 is 0 Å². The van der Waals surface area contributed by atoms with Gasteiger partial charge < -0.3 is 5.32 Å². The molecule has 0 aliphatic heterocycles. The Morgan fingerprint density at radius 2 is 1.79 bits per heavy atom. The molecule has 0 bridgehead atoms. The summed E-state index contributed by atoms with van der Waals surface area (Å²) in [6, 6.07) is 0.462. The van der Waals surface area contributed by atoms with E-state index in [1.165, 1.54) is 25.7 Å². The standard InChI is InChI=1S/C12H21NO/c1-8-5-3-4-6-11(8)13-12(14)10-7-9(10)2/h8-11H,3-7H2,1-2H3,(H,13,14)/t8-,9-,10+,11-/m0/s1. The number of carbonyl (C=O) groups excluding carboxylic acids is 1. The maximum atomic E-state index is 11.7. The zero-order valence-electron chi connectivity index (χ0n) is 9.25. The first-order valence-corrected chi connectivity index (χ1v) is 5.99. The van der Waals surface area contributed by atoms with Gasteiger partial charge in [-0.2, -0.15) is 0 Å². The van der Waals surface area contributed by atoms with Crippen LogP contribution in [-0.4, -0.2) is 11.9 Å². The third-order valence-corrected chi connectivity index (χ3v) is 3.89. The van der Waals surface area contributed by atoms with Crippen LogP contribution in [0.5, 0.6) is 0 Å². The minimum Gasteiger partial charge on any atom is -0.353 e. The summed E-state index contributed by atoms with van der Waals surface area (Å²) >= 11 is 0. The summed E-state index contributed by atoms with van der Waals surface area (Å²) in [5, 5.41) is 3.22. The van der Waals surface area contributed by atoms with Crippen molar-refractivity contribution < 1.29 is 4.79 Å². The number of rotatable bonds is 2. The molecule has 0 radical (unpaired) electrons. The molecule has 1 N–H and O–H groups in total. The van der Waals surface area contributed by atoms with Crippen LogP contribution in [0.1, 0.15) is 46.0 Å². The van der Waals surface area contributed by atoms with Crippen molar-refractivity contribution in [1.82, 2.24) is 5.32 Å². The molecule has 80 valence electrons. The van der Waals surface area contributed by atoms with E-state index in [1.807, 2.05) is 0 Å². The molecule has 2 nitrogen and oxygen atoms in total. The van der Waals surface area contributed by atoms with Crippen molar-refractivity contribution in [1.29, 1.82) is 0 Å². The van der Waals surface area contributed by atoms with Gasteiger partial charge in [0.25, 0.3) is 0 Å². The van der Waals surface area contributed by atoms with Crippen LogP contribution in [0.3, 0.4) is 0 Å². The molecule has 0 aromatic carbocycles. The molecule has 2 aliphatic carbocycles. The van der Waals surface area contributed by atoms with Crippen molar-refractivity contribution in [3.63, 3.8) is 0 Å². The topological polar surface area (TPSA) is 29.1 Å². The van der Waals surface area contributed by atoms with Gasteiger partial charge in [-0.05, 0) is 31.1 Å². The highest BCUT2D eigenvalue weighted by Crippen LogP contribution is 2.38. The van der Waals surface area contributed by atoms with Crippen molar-refractivity contribution in [2.75, 3.05) is 0 Å². The molecule has 2 aliphatic rings. The van der Waals surface area contributed by atoms with E-state index in [-0.39, 0.29) is 0 Å². The van der Waals surface area contributed by atoms with Crippen molar-refractivity contribution in [2.45, 2.75) is 52.0 Å². The van der Waals surface area contributed by atoms with Crippen LogP contribution >= 0.6 is 0 Å². The Hall–Kier alpha value is -0.530. The van der Waals surface area contributed by atoms with E-state index in [9.17, 15) is 4.79 Å². The lowest BCUT2D eigenvalue weighted by Crippen LogP contribution is -2.41. The Morgan fingerprint density at radius 3 is 2.36 bits per heavy atom. The number of hydrogen-bond acceptors (Lipinski definition) is 1. The molecule has 0 aromatic rings. The summed E-state index contributed by atoms with van der Waals surface area (Å²) in [5.74, 6) is 1.97. The first kappa shape index (κ1) is 10.0. The molecular formula is C12H21NO. The average molecular weight is 195 g/mol. The summed E-state index contributed by atoms with van der Waals surface area (Å²) in [7, 11) is 0. The molecule has 14 heavy (non-hydrogen) atoms. The van der Waals surface area contributed by atoms with E-state index in [2.05, 4.69) is 19.2 Å². The van der Waals surface area contributed by atoms with Crippen LogP contribution in [0.2, 0.25) is 0 Å². The van der Waals surface area contributed by atoms with E-state index in [4.69, 9.17) is 0 Å². The van der Waals surface area contributed by atoms with Gasteiger partial charge in [-0.1, -0.05) is 26.7 Å².